The highest BCUT2D eigenvalue weighted by Crippen LogP contribution is 2.13. The number of alkyl halides is 1. The fourth-order valence-electron chi connectivity index (χ4n) is 4.03. The van der Waals surface area contributed by atoms with Crippen molar-refractivity contribution < 1.29 is 47.7 Å². The third kappa shape index (κ3) is 12.3. The van der Waals surface area contributed by atoms with Crippen molar-refractivity contribution in [3.8, 4) is 5.75 Å². The van der Waals surface area contributed by atoms with Crippen molar-refractivity contribution in [1.82, 2.24) is 21.3 Å². The van der Waals surface area contributed by atoms with E-state index in [4.69, 9.17) is 4.74 Å². The van der Waals surface area contributed by atoms with Crippen LogP contribution in [0.15, 0.2) is 54.6 Å². The van der Waals surface area contributed by atoms with E-state index in [9.17, 15) is 38.3 Å². The second-order valence-electron chi connectivity index (χ2n) is 10.5. The third-order valence-electron chi connectivity index (χ3n) is 6.63. The summed E-state index contributed by atoms with van der Waals surface area (Å²) in [6.07, 6.45) is -1.49. The van der Waals surface area contributed by atoms with Crippen LogP contribution in [0.4, 0.5) is 9.18 Å². The van der Waals surface area contributed by atoms with Crippen LogP contribution in [-0.2, 0) is 46.5 Å². The van der Waals surface area contributed by atoms with Gasteiger partial charge in [-0.05, 0) is 36.1 Å². The third-order valence-corrected chi connectivity index (χ3v) is 6.63. The van der Waals surface area contributed by atoms with Crippen LogP contribution in [0.2, 0.25) is 0 Å². The van der Waals surface area contributed by atoms with Gasteiger partial charge in [0.05, 0.1) is 13.5 Å². The van der Waals surface area contributed by atoms with Crippen LogP contribution in [-0.4, -0.2) is 78.6 Å². The molecule has 13 nitrogen and oxygen atoms in total. The average molecular weight is 631 g/mol. The van der Waals surface area contributed by atoms with Gasteiger partial charge in [0.25, 0.3) is 0 Å². The zero-order valence-electron chi connectivity index (χ0n) is 25.5. The summed E-state index contributed by atoms with van der Waals surface area (Å²) in [4.78, 5) is 75.4. The molecule has 2 aromatic rings. The molecule has 2 rings (SSSR count). The molecule has 0 aliphatic carbocycles. The highest BCUT2D eigenvalue weighted by atomic mass is 19.1. The summed E-state index contributed by atoms with van der Waals surface area (Å²) in [6.45, 7) is 3.13. The van der Waals surface area contributed by atoms with E-state index in [2.05, 4.69) is 26.0 Å². The average Bonchev–Trinajstić information content (AvgIpc) is 3.02. The SMILES string of the molecule is COC(=O)CC(NC(=O)C(C)NC(=O)C(NC(=O)C(Cc1ccc(O)cc1)NC(=O)OCc1ccccc1)C(C)C)C(=O)CF. The lowest BCUT2D eigenvalue weighted by Gasteiger charge is -2.27. The van der Waals surface area contributed by atoms with Gasteiger partial charge < -0.3 is 35.8 Å². The van der Waals surface area contributed by atoms with Crippen LogP contribution in [0.3, 0.4) is 0 Å². The van der Waals surface area contributed by atoms with Crippen molar-refractivity contribution in [2.75, 3.05) is 13.8 Å². The van der Waals surface area contributed by atoms with Crippen molar-refractivity contribution in [2.24, 2.45) is 5.92 Å². The summed E-state index contributed by atoms with van der Waals surface area (Å²) in [5.41, 5.74) is 1.32. The number of esters is 1. The van der Waals surface area contributed by atoms with E-state index in [1.54, 1.807) is 50.2 Å². The first-order valence-corrected chi connectivity index (χ1v) is 14.2. The summed E-state index contributed by atoms with van der Waals surface area (Å²) in [7, 11) is 1.07. The Bertz CT molecular complexity index is 1320. The van der Waals surface area contributed by atoms with Gasteiger partial charge in [0.1, 0.15) is 43.2 Å². The van der Waals surface area contributed by atoms with Crippen molar-refractivity contribution in [1.29, 1.82) is 0 Å². The fourth-order valence-corrected chi connectivity index (χ4v) is 4.03. The number of ketones is 1. The molecule has 4 unspecified atom stereocenters. The molecule has 0 radical (unpaired) electrons. The summed E-state index contributed by atoms with van der Waals surface area (Å²) in [6, 6.07) is 9.77. The van der Waals surface area contributed by atoms with Crippen LogP contribution >= 0.6 is 0 Å². The van der Waals surface area contributed by atoms with Gasteiger partial charge in [-0.2, -0.15) is 0 Å². The zero-order chi connectivity index (χ0) is 33.5. The first-order valence-electron chi connectivity index (χ1n) is 14.2. The molecule has 0 heterocycles. The molecule has 244 valence electrons. The van der Waals surface area contributed by atoms with Crippen molar-refractivity contribution in [3.05, 3.63) is 65.7 Å². The van der Waals surface area contributed by atoms with Crippen molar-refractivity contribution in [3.63, 3.8) is 0 Å². The lowest BCUT2D eigenvalue weighted by Crippen LogP contribution is -2.58. The largest absolute Gasteiger partial charge is 0.508 e. The number of carbonyl (C=O) groups excluding carboxylic acids is 6. The number of amides is 4. The summed E-state index contributed by atoms with van der Waals surface area (Å²) in [5, 5.41) is 19.4. The Labute approximate surface area is 260 Å². The van der Waals surface area contributed by atoms with Gasteiger partial charge in [0.2, 0.25) is 17.7 Å². The van der Waals surface area contributed by atoms with Gasteiger partial charge in [-0.25, -0.2) is 9.18 Å². The second-order valence-corrected chi connectivity index (χ2v) is 10.5. The number of methoxy groups -OCH3 is 1. The minimum atomic E-state index is -1.50. The molecule has 2 aromatic carbocycles. The van der Waals surface area contributed by atoms with Gasteiger partial charge >= 0.3 is 12.1 Å². The molecule has 0 saturated heterocycles. The molecular weight excluding hydrogens is 591 g/mol. The Morgan fingerprint density at radius 3 is 2.00 bits per heavy atom. The zero-order valence-corrected chi connectivity index (χ0v) is 25.5. The van der Waals surface area contributed by atoms with Gasteiger partial charge in [-0.1, -0.05) is 56.3 Å². The lowest BCUT2D eigenvalue weighted by molar-refractivity contribution is -0.143. The van der Waals surface area contributed by atoms with Crippen LogP contribution in [0.25, 0.3) is 0 Å². The maximum Gasteiger partial charge on any atom is 0.408 e. The Kier molecular flexibility index (Phi) is 14.4. The molecule has 0 spiro atoms. The number of ether oxygens (including phenoxy) is 2. The highest BCUT2D eigenvalue weighted by molar-refractivity contribution is 5.96. The molecule has 5 N–H and O–H groups in total. The molecule has 45 heavy (non-hydrogen) atoms. The molecular formula is C31H39FN4O9. The highest BCUT2D eigenvalue weighted by Gasteiger charge is 2.32. The lowest BCUT2D eigenvalue weighted by atomic mass is 10.0. The first kappa shape index (κ1) is 36.2. The van der Waals surface area contributed by atoms with E-state index in [1.165, 1.54) is 19.1 Å². The number of aromatic hydroxyl groups is 1. The monoisotopic (exact) mass is 630 g/mol. The van der Waals surface area contributed by atoms with E-state index < -0.39 is 78.7 Å². The number of phenolic OH excluding ortho intramolecular Hbond substituents is 1. The Balaban J connectivity index is 2.13. The molecule has 0 aliphatic rings. The molecule has 4 atom stereocenters. The number of alkyl carbamates (subject to hydrolysis) is 1. The predicted molar refractivity (Wildman–Crippen MR) is 159 cm³/mol. The Morgan fingerprint density at radius 1 is 0.778 bits per heavy atom. The second kappa shape index (κ2) is 18.0. The topological polar surface area (TPSA) is 189 Å². The van der Waals surface area contributed by atoms with Crippen molar-refractivity contribution in [2.45, 2.75) is 64.4 Å². The first-order chi connectivity index (χ1) is 21.3. The molecule has 14 heteroatoms. The smallest absolute Gasteiger partial charge is 0.408 e. The number of hydrogen-bond donors (Lipinski definition) is 5. The number of Topliss-reactive ketones (excluding diaryl/α,β-unsaturated/α-hetero) is 1. The maximum absolute atomic E-state index is 13.4. The molecule has 0 saturated carbocycles. The molecule has 0 fully saturated rings. The minimum absolute atomic E-state index is 0.00959. The predicted octanol–water partition coefficient (Wildman–Crippen LogP) is 1.46. The van der Waals surface area contributed by atoms with E-state index in [0.717, 1.165) is 12.7 Å². The Hall–Kier alpha value is -5.01. The van der Waals surface area contributed by atoms with E-state index in [-0.39, 0.29) is 18.8 Å². The molecule has 0 aliphatic heterocycles. The standard InChI is InChI=1S/C31H39FN4O9/c1-18(2)27(30(42)33-19(3)28(40)34-23(25(38)16-32)15-26(39)44-4)36-29(41)24(14-20-10-12-22(37)13-11-20)35-31(43)45-17-21-8-6-5-7-9-21/h5-13,18-19,23-24,27,37H,14-17H2,1-4H3,(H,33,42)(H,34,40)(H,35,43)(H,36,41). The summed E-state index contributed by atoms with van der Waals surface area (Å²) < 4.78 is 22.7. The summed E-state index contributed by atoms with van der Waals surface area (Å²) >= 11 is 0. The van der Waals surface area contributed by atoms with E-state index in [0.29, 0.717) is 5.56 Å². The van der Waals surface area contributed by atoms with Gasteiger partial charge in [-0.3, -0.25) is 24.0 Å². The number of halogens is 1. The fraction of sp³-hybridized carbons (Fsp3) is 0.419. The van der Waals surface area contributed by atoms with Crippen LogP contribution in [0.5, 0.6) is 5.75 Å². The van der Waals surface area contributed by atoms with Gasteiger partial charge in [0, 0.05) is 6.42 Å². The molecule has 0 aromatic heterocycles. The number of carbonyl (C=O) groups is 6. The van der Waals surface area contributed by atoms with E-state index in [1.807, 2.05) is 6.07 Å². The molecule has 4 amide bonds. The minimum Gasteiger partial charge on any atom is -0.508 e. The van der Waals surface area contributed by atoms with Crippen LogP contribution in [0.1, 0.15) is 38.3 Å². The number of hydrogen-bond acceptors (Lipinski definition) is 9. The number of rotatable bonds is 16. The number of benzene rings is 2. The number of nitrogens with one attached hydrogen (secondary N) is 4. The number of phenols is 1. The van der Waals surface area contributed by atoms with Crippen molar-refractivity contribution >= 4 is 35.6 Å². The normalized spacial score (nSPS) is 13.4. The summed E-state index contributed by atoms with van der Waals surface area (Å²) in [5.74, 6) is -4.72. The van der Waals surface area contributed by atoms with Crippen LogP contribution in [0, 0.1) is 5.92 Å². The molecule has 0 bridgehead atoms. The van der Waals surface area contributed by atoms with Crippen LogP contribution < -0.4 is 21.3 Å². The quantitative estimate of drug-likeness (QED) is 0.171. The Morgan fingerprint density at radius 2 is 1.42 bits per heavy atom. The maximum atomic E-state index is 13.4. The van der Waals surface area contributed by atoms with E-state index >= 15 is 0 Å². The van der Waals surface area contributed by atoms with Gasteiger partial charge in [0.15, 0.2) is 5.78 Å². The van der Waals surface area contributed by atoms with Gasteiger partial charge in [-0.15, -0.1) is 0 Å².